The predicted octanol–water partition coefficient (Wildman–Crippen LogP) is 3.56. The highest BCUT2D eigenvalue weighted by Crippen LogP contribution is 2.32. The molecule has 0 radical (unpaired) electrons. The highest BCUT2D eigenvalue weighted by Gasteiger charge is 2.36. The van der Waals surface area contributed by atoms with Crippen molar-refractivity contribution in [2.75, 3.05) is 18.0 Å². The summed E-state index contributed by atoms with van der Waals surface area (Å²) in [6.45, 7) is 0.0427. The normalized spacial score (nSPS) is 17.1. The molecule has 1 saturated heterocycles. The fraction of sp³-hybridized carbons (Fsp3) is 0.300. The molecule has 0 bridgehead atoms. The molecule has 1 N–H and O–H groups in total. The second kappa shape index (κ2) is 8.00. The quantitative estimate of drug-likeness (QED) is 0.789. The van der Waals surface area contributed by atoms with Crippen LogP contribution in [0.25, 0.3) is 0 Å². The molecule has 0 aliphatic carbocycles. The fourth-order valence-corrected chi connectivity index (χ4v) is 3.27. The van der Waals surface area contributed by atoms with E-state index >= 15 is 0 Å². The Labute approximate surface area is 159 Å². The topological polar surface area (TPSA) is 49.4 Å². The molecule has 1 heterocycles. The van der Waals surface area contributed by atoms with Crippen LogP contribution in [0.15, 0.2) is 48.5 Å². The lowest BCUT2D eigenvalue weighted by molar-refractivity contribution is -0.138. The fourth-order valence-electron chi connectivity index (χ4n) is 3.27. The van der Waals surface area contributed by atoms with E-state index in [4.69, 9.17) is 0 Å². The molecule has 28 heavy (non-hydrogen) atoms. The molecule has 0 spiro atoms. The van der Waals surface area contributed by atoms with Gasteiger partial charge in [0.25, 0.3) is 0 Å². The minimum Gasteiger partial charge on any atom is -0.355 e. The Hall–Kier alpha value is -2.90. The molecule has 1 aliphatic rings. The Morgan fingerprint density at radius 2 is 1.79 bits per heavy atom. The first-order valence-electron chi connectivity index (χ1n) is 8.75. The van der Waals surface area contributed by atoms with Crippen LogP contribution in [0.1, 0.15) is 17.5 Å². The Bertz CT molecular complexity index is 883. The van der Waals surface area contributed by atoms with Crippen molar-refractivity contribution >= 4 is 17.5 Å². The number of nitrogens with zero attached hydrogens (tertiary/aromatic N) is 1. The monoisotopic (exact) mass is 394 g/mol. The van der Waals surface area contributed by atoms with Gasteiger partial charge < -0.3 is 10.2 Å². The maximum absolute atomic E-state index is 13.9. The van der Waals surface area contributed by atoms with E-state index in [0.29, 0.717) is 0 Å². The number of anilines is 1. The molecule has 148 valence electrons. The van der Waals surface area contributed by atoms with Crippen LogP contribution >= 0.6 is 0 Å². The van der Waals surface area contributed by atoms with Crippen LogP contribution in [0.4, 0.5) is 23.2 Å². The summed E-state index contributed by atoms with van der Waals surface area (Å²) in [6.07, 6.45) is -4.52. The number of hydrogen-bond donors (Lipinski definition) is 1. The SMILES string of the molecule is O=C(NCCc1ccccc1C(F)(F)F)C1CC(=O)N(c2ccccc2F)C1. The first-order chi connectivity index (χ1) is 13.3. The van der Waals surface area contributed by atoms with Crippen molar-refractivity contribution in [3.8, 4) is 0 Å². The van der Waals surface area contributed by atoms with Gasteiger partial charge in [-0.15, -0.1) is 0 Å². The van der Waals surface area contributed by atoms with Crippen LogP contribution in [-0.2, 0) is 22.2 Å². The summed E-state index contributed by atoms with van der Waals surface area (Å²) in [6, 6.07) is 11.0. The number of para-hydroxylation sites is 1. The van der Waals surface area contributed by atoms with Crippen LogP contribution in [-0.4, -0.2) is 24.9 Å². The first-order valence-corrected chi connectivity index (χ1v) is 8.75. The molecule has 0 aromatic heterocycles. The van der Waals surface area contributed by atoms with E-state index in [1.165, 1.54) is 41.3 Å². The lowest BCUT2D eigenvalue weighted by Crippen LogP contribution is -2.34. The number of carbonyl (C=O) groups excluding carboxylic acids is 2. The second-order valence-corrected chi connectivity index (χ2v) is 6.55. The number of amides is 2. The summed E-state index contributed by atoms with van der Waals surface area (Å²) in [7, 11) is 0. The highest BCUT2D eigenvalue weighted by atomic mass is 19.4. The average Bonchev–Trinajstić information content (AvgIpc) is 3.03. The Balaban J connectivity index is 1.58. The number of nitrogens with one attached hydrogen (secondary N) is 1. The zero-order chi connectivity index (χ0) is 20.3. The van der Waals surface area contributed by atoms with Crippen molar-refractivity contribution in [1.82, 2.24) is 5.32 Å². The Morgan fingerprint density at radius 3 is 2.50 bits per heavy atom. The van der Waals surface area contributed by atoms with E-state index in [1.807, 2.05) is 0 Å². The third-order valence-corrected chi connectivity index (χ3v) is 4.66. The molecule has 1 unspecified atom stereocenters. The average molecular weight is 394 g/mol. The van der Waals surface area contributed by atoms with Crippen LogP contribution in [0, 0.1) is 11.7 Å². The second-order valence-electron chi connectivity index (χ2n) is 6.55. The van der Waals surface area contributed by atoms with Crippen LogP contribution in [0.2, 0.25) is 0 Å². The van der Waals surface area contributed by atoms with Gasteiger partial charge in [0.2, 0.25) is 11.8 Å². The van der Waals surface area contributed by atoms with Gasteiger partial charge >= 0.3 is 6.18 Å². The van der Waals surface area contributed by atoms with Crippen LogP contribution in [0.5, 0.6) is 0 Å². The molecule has 2 aromatic rings. The maximum Gasteiger partial charge on any atom is 0.416 e. The summed E-state index contributed by atoms with van der Waals surface area (Å²) in [4.78, 5) is 25.7. The number of rotatable bonds is 5. The van der Waals surface area contributed by atoms with Gasteiger partial charge in [-0.2, -0.15) is 13.2 Å². The van der Waals surface area contributed by atoms with E-state index in [1.54, 1.807) is 6.07 Å². The van der Waals surface area contributed by atoms with Gasteiger partial charge in [-0.05, 0) is 30.2 Å². The van der Waals surface area contributed by atoms with E-state index in [0.717, 1.165) is 6.07 Å². The van der Waals surface area contributed by atoms with E-state index in [9.17, 15) is 27.2 Å². The minimum atomic E-state index is -4.46. The lowest BCUT2D eigenvalue weighted by Gasteiger charge is -2.17. The molecular formula is C20H18F4N2O2. The van der Waals surface area contributed by atoms with Gasteiger partial charge in [0.1, 0.15) is 5.82 Å². The molecule has 2 aromatic carbocycles. The third kappa shape index (κ3) is 4.32. The van der Waals surface area contributed by atoms with Crippen molar-refractivity contribution in [2.24, 2.45) is 5.92 Å². The number of halogens is 4. The molecule has 1 aliphatic heterocycles. The standard InChI is InChI=1S/C20H18F4N2O2/c21-16-7-3-4-8-17(16)26-12-14(11-18(26)27)19(28)25-10-9-13-5-1-2-6-15(13)20(22,23)24/h1-8,14H,9-12H2,(H,25,28). The van der Waals surface area contributed by atoms with Crippen molar-refractivity contribution in [3.63, 3.8) is 0 Å². The molecule has 4 nitrogen and oxygen atoms in total. The van der Waals surface area contributed by atoms with Gasteiger partial charge in [-0.25, -0.2) is 4.39 Å². The zero-order valence-electron chi connectivity index (χ0n) is 14.8. The van der Waals surface area contributed by atoms with Crippen LogP contribution in [0.3, 0.4) is 0 Å². The lowest BCUT2D eigenvalue weighted by atomic mass is 10.0. The van der Waals surface area contributed by atoms with Crippen molar-refractivity contribution < 1.29 is 27.2 Å². The molecule has 1 fully saturated rings. The molecule has 0 saturated carbocycles. The predicted molar refractivity (Wildman–Crippen MR) is 95.0 cm³/mol. The summed E-state index contributed by atoms with van der Waals surface area (Å²) >= 11 is 0. The first kappa shape index (κ1) is 19.9. The van der Waals surface area contributed by atoms with E-state index in [2.05, 4.69) is 5.32 Å². The summed E-state index contributed by atoms with van der Waals surface area (Å²) in [5, 5.41) is 2.58. The van der Waals surface area contributed by atoms with Crippen LogP contribution < -0.4 is 10.2 Å². The number of benzene rings is 2. The largest absolute Gasteiger partial charge is 0.416 e. The number of alkyl halides is 3. The maximum atomic E-state index is 13.9. The van der Waals surface area contributed by atoms with Gasteiger partial charge in [0.05, 0.1) is 17.2 Å². The van der Waals surface area contributed by atoms with Gasteiger partial charge in [-0.3, -0.25) is 9.59 Å². The molecule has 2 amide bonds. The van der Waals surface area contributed by atoms with E-state index < -0.39 is 29.4 Å². The van der Waals surface area contributed by atoms with Crippen molar-refractivity contribution in [3.05, 3.63) is 65.5 Å². The van der Waals surface area contributed by atoms with Crippen molar-refractivity contribution in [1.29, 1.82) is 0 Å². The molecule has 3 rings (SSSR count). The highest BCUT2D eigenvalue weighted by molar-refractivity contribution is 6.00. The smallest absolute Gasteiger partial charge is 0.355 e. The summed E-state index contributed by atoms with van der Waals surface area (Å²) in [5.41, 5.74) is -0.529. The van der Waals surface area contributed by atoms with Gasteiger partial charge in [-0.1, -0.05) is 30.3 Å². The Kier molecular flexibility index (Phi) is 5.67. The van der Waals surface area contributed by atoms with Gasteiger partial charge in [0.15, 0.2) is 0 Å². The Morgan fingerprint density at radius 1 is 1.11 bits per heavy atom. The summed E-state index contributed by atoms with van der Waals surface area (Å²) < 4.78 is 52.9. The number of hydrogen-bond acceptors (Lipinski definition) is 2. The van der Waals surface area contributed by atoms with E-state index in [-0.39, 0.29) is 43.1 Å². The minimum absolute atomic E-state index is 0.0102. The molecule has 8 heteroatoms. The van der Waals surface area contributed by atoms with Crippen molar-refractivity contribution in [2.45, 2.75) is 19.0 Å². The third-order valence-electron chi connectivity index (χ3n) is 4.66. The van der Waals surface area contributed by atoms with Gasteiger partial charge in [0, 0.05) is 19.5 Å². The summed E-state index contributed by atoms with van der Waals surface area (Å²) in [5.74, 6) is -2.03. The number of carbonyl (C=O) groups is 2. The molecular weight excluding hydrogens is 376 g/mol. The molecule has 1 atom stereocenters. The zero-order valence-corrected chi connectivity index (χ0v) is 14.8.